The molecule has 0 unspecified atom stereocenters. The first-order valence-corrected chi connectivity index (χ1v) is 13.1. The molecule has 1 aromatic rings. The standard InChI is InChI=1S/C26H34N4O5S/c1-17(2)35-25(32)23-18(3)28-26-30(24(23)19-5-7-21(33-4)8-6-19)20(16-36-26)15-22(31)27-9-10-29-11-13-34-14-12-29/h5-8,16-17,24H,9-15H2,1-4H3,(H,27,31)/t24-/m0/s1. The molecule has 4 rings (SSSR count). The van der Waals surface area contributed by atoms with E-state index in [9.17, 15) is 9.59 Å². The number of ether oxygens (including phenoxy) is 3. The minimum absolute atomic E-state index is 0.0672. The Morgan fingerprint density at radius 3 is 2.61 bits per heavy atom. The number of carbonyl (C=O) groups is 2. The highest BCUT2D eigenvalue weighted by Gasteiger charge is 2.41. The highest BCUT2D eigenvalue weighted by molar-refractivity contribution is 8.16. The Bertz CT molecular complexity index is 1060. The summed E-state index contributed by atoms with van der Waals surface area (Å²) in [5.74, 6) is 0.251. The van der Waals surface area contributed by atoms with Gasteiger partial charge in [-0.25, -0.2) is 9.79 Å². The quantitative estimate of drug-likeness (QED) is 0.503. The summed E-state index contributed by atoms with van der Waals surface area (Å²) in [6.07, 6.45) is -0.0761. The summed E-state index contributed by atoms with van der Waals surface area (Å²) in [6, 6.07) is 7.15. The molecule has 0 aliphatic carbocycles. The zero-order valence-corrected chi connectivity index (χ0v) is 22.1. The van der Waals surface area contributed by atoms with Crippen LogP contribution in [0, 0.1) is 0 Å². The maximum Gasteiger partial charge on any atom is 0.338 e. The second-order valence-electron chi connectivity index (χ2n) is 9.10. The predicted molar refractivity (Wildman–Crippen MR) is 139 cm³/mol. The Morgan fingerprint density at radius 2 is 1.94 bits per heavy atom. The minimum Gasteiger partial charge on any atom is -0.497 e. The van der Waals surface area contributed by atoms with Crippen molar-refractivity contribution >= 4 is 28.8 Å². The fourth-order valence-corrected chi connectivity index (χ4v) is 5.38. The molecule has 0 aromatic heterocycles. The number of amidine groups is 1. The Balaban J connectivity index is 1.53. The van der Waals surface area contributed by atoms with Crippen molar-refractivity contribution in [3.8, 4) is 5.75 Å². The van der Waals surface area contributed by atoms with Crippen LogP contribution in [0.4, 0.5) is 0 Å². The Labute approximate surface area is 216 Å². The van der Waals surface area contributed by atoms with E-state index >= 15 is 0 Å². The van der Waals surface area contributed by atoms with Crippen molar-refractivity contribution in [3.05, 3.63) is 52.2 Å². The predicted octanol–water partition coefficient (Wildman–Crippen LogP) is 3.06. The summed E-state index contributed by atoms with van der Waals surface area (Å²) >= 11 is 1.46. The van der Waals surface area contributed by atoms with Gasteiger partial charge in [0.15, 0.2) is 5.17 Å². The van der Waals surface area contributed by atoms with Gasteiger partial charge in [-0.2, -0.15) is 0 Å². The molecule has 10 heteroatoms. The van der Waals surface area contributed by atoms with Crippen LogP contribution in [0.15, 0.2) is 51.6 Å². The van der Waals surface area contributed by atoms with Crippen LogP contribution in [0.25, 0.3) is 0 Å². The third-order valence-corrected chi connectivity index (χ3v) is 7.08. The van der Waals surface area contributed by atoms with Crippen molar-refractivity contribution < 1.29 is 23.8 Å². The molecule has 1 saturated heterocycles. The smallest absolute Gasteiger partial charge is 0.338 e. The van der Waals surface area contributed by atoms with Gasteiger partial charge in [-0.05, 0) is 43.9 Å². The molecule has 3 aliphatic rings. The van der Waals surface area contributed by atoms with E-state index in [1.165, 1.54) is 11.8 Å². The van der Waals surface area contributed by atoms with Crippen molar-refractivity contribution in [2.24, 2.45) is 4.99 Å². The van der Waals surface area contributed by atoms with Gasteiger partial charge in [0, 0.05) is 31.9 Å². The number of aliphatic imine (C=N–C) groups is 1. The molecule has 3 heterocycles. The van der Waals surface area contributed by atoms with E-state index in [0.717, 1.165) is 55.0 Å². The van der Waals surface area contributed by atoms with E-state index in [1.54, 1.807) is 7.11 Å². The molecule has 1 aromatic carbocycles. The molecule has 36 heavy (non-hydrogen) atoms. The number of amides is 1. The van der Waals surface area contributed by atoms with Crippen LogP contribution >= 0.6 is 11.8 Å². The summed E-state index contributed by atoms with van der Waals surface area (Å²) in [7, 11) is 1.62. The molecule has 0 radical (unpaired) electrons. The number of benzene rings is 1. The molecular formula is C26H34N4O5S. The van der Waals surface area contributed by atoms with Gasteiger partial charge < -0.3 is 24.4 Å². The maximum atomic E-state index is 13.2. The Kier molecular flexibility index (Phi) is 8.71. The van der Waals surface area contributed by atoms with E-state index in [1.807, 2.05) is 55.3 Å². The number of morpholine rings is 1. The van der Waals surface area contributed by atoms with Crippen molar-refractivity contribution in [1.82, 2.24) is 15.1 Å². The van der Waals surface area contributed by atoms with Gasteiger partial charge in [0.25, 0.3) is 0 Å². The number of allylic oxidation sites excluding steroid dienone is 1. The number of nitrogens with zero attached hydrogens (tertiary/aromatic N) is 3. The lowest BCUT2D eigenvalue weighted by Gasteiger charge is -2.36. The van der Waals surface area contributed by atoms with Crippen LogP contribution in [0.2, 0.25) is 0 Å². The number of carbonyl (C=O) groups excluding carboxylic acids is 2. The second-order valence-corrected chi connectivity index (χ2v) is 9.94. The van der Waals surface area contributed by atoms with Crippen LogP contribution in [0.1, 0.15) is 38.8 Å². The first-order chi connectivity index (χ1) is 17.4. The fourth-order valence-electron chi connectivity index (χ4n) is 4.42. The number of hydrogen-bond donors (Lipinski definition) is 1. The van der Waals surface area contributed by atoms with Crippen LogP contribution in [0.3, 0.4) is 0 Å². The number of thioether (sulfide) groups is 1. The lowest BCUT2D eigenvalue weighted by molar-refractivity contribution is -0.143. The topological polar surface area (TPSA) is 92.7 Å². The normalized spacial score (nSPS) is 20.1. The number of methoxy groups -OCH3 is 1. The summed E-state index contributed by atoms with van der Waals surface area (Å²) in [6.45, 7) is 10.1. The van der Waals surface area contributed by atoms with Crippen molar-refractivity contribution in [3.63, 3.8) is 0 Å². The lowest BCUT2D eigenvalue weighted by Crippen LogP contribution is -2.42. The van der Waals surface area contributed by atoms with E-state index in [0.29, 0.717) is 17.8 Å². The number of nitrogens with one attached hydrogen (secondary N) is 1. The molecule has 1 atom stereocenters. The van der Waals surface area contributed by atoms with Crippen LogP contribution < -0.4 is 10.1 Å². The van der Waals surface area contributed by atoms with Gasteiger partial charge in [0.1, 0.15) is 5.75 Å². The number of hydrogen-bond acceptors (Lipinski definition) is 9. The molecule has 0 saturated carbocycles. The maximum absolute atomic E-state index is 13.2. The number of esters is 1. The molecule has 0 bridgehead atoms. The highest BCUT2D eigenvalue weighted by Crippen LogP contribution is 2.45. The molecule has 1 amide bonds. The van der Waals surface area contributed by atoms with Gasteiger partial charge >= 0.3 is 5.97 Å². The molecule has 1 N–H and O–H groups in total. The zero-order chi connectivity index (χ0) is 25.7. The van der Waals surface area contributed by atoms with E-state index in [2.05, 4.69) is 10.2 Å². The molecule has 0 spiro atoms. The first kappa shape index (κ1) is 26.2. The van der Waals surface area contributed by atoms with Gasteiger partial charge in [0.2, 0.25) is 5.91 Å². The SMILES string of the molecule is COc1ccc([C@H]2C(C(=O)OC(C)C)=C(C)N=C3SC=C(CC(=O)NCCN4CCOCC4)N32)cc1. The molecule has 3 aliphatic heterocycles. The summed E-state index contributed by atoms with van der Waals surface area (Å²) in [4.78, 5) is 35.1. The number of rotatable bonds is 9. The second kappa shape index (κ2) is 11.9. The van der Waals surface area contributed by atoms with E-state index < -0.39 is 12.0 Å². The average Bonchev–Trinajstić information content (AvgIpc) is 3.25. The monoisotopic (exact) mass is 514 g/mol. The summed E-state index contributed by atoms with van der Waals surface area (Å²) < 4.78 is 16.3. The van der Waals surface area contributed by atoms with Crippen molar-refractivity contribution in [2.75, 3.05) is 46.5 Å². The Hall–Kier alpha value is -2.82. The summed E-state index contributed by atoms with van der Waals surface area (Å²) in [5.41, 5.74) is 2.77. The Morgan fingerprint density at radius 1 is 1.22 bits per heavy atom. The van der Waals surface area contributed by atoms with Crippen LogP contribution in [0.5, 0.6) is 5.75 Å². The third kappa shape index (κ3) is 6.11. The number of fused-ring (bicyclic) bond motifs is 1. The molecular weight excluding hydrogens is 480 g/mol. The largest absolute Gasteiger partial charge is 0.497 e. The minimum atomic E-state index is -0.461. The summed E-state index contributed by atoms with van der Waals surface area (Å²) in [5, 5.41) is 5.72. The van der Waals surface area contributed by atoms with Crippen LogP contribution in [-0.2, 0) is 19.1 Å². The lowest BCUT2D eigenvalue weighted by atomic mass is 9.93. The molecule has 9 nitrogen and oxygen atoms in total. The van der Waals surface area contributed by atoms with Gasteiger partial charge in [-0.15, -0.1) is 0 Å². The van der Waals surface area contributed by atoms with Crippen LogP contribution in [-0.4, -0.2) is 79.5 Å². The van der Waals surface area contributed by atoms with Crippen molar-refractivity contribution in [1.29, 1.82) is 0 Å². The van der Waals surface area contributed by atoms with Gasteiger partial charge in [-0.1, -0.05) is 23.9 Å². The average molecular weight is 515 g/mol. The zero-order valence-electron chi connectivity index (χ0n) is 21.3. The molecule has 1 fully saturated rings. The fraction of sp³-hybridized carbons (Fsp3) is 0.500. The first-order valence-electron chi connectivity index (χ1n) is 12.2. The third-order valence-electron chi connectivity index (χ3n) is 6.19. The van der Waals surface area contributed by atoms with Gasteiger partial charge in [0.05, 0.1) is 50.2 Å². The van der Waals surface area contributed by atoms with E-state index in [4.69, 9.17) is 19.2 Å². The van der Waals surface area contributed by atoms with E-state index in [-0.39, 0.29) is 18.4 Å². The molecule has 194 valence electrons. The highest BCUT2D eigenvalue weighted by atomic mass is 32.2. The van der Waals surface area contributed by atoms with Crippen molar-refractivity contribution in [2.45, 2.75) is 39.3 Å². The van der Waals surface area contributed by atoms with Gasteiger partial charge in [-0.3, -0.25) is 9.69 Å².